The molecule has 0 saturated heterocycles. The number of aliphatic hydroxyl groups is 1. The summed E-state index contributed by atoms with van der Waals surface area (Å²) in [7, 11) is 1.07. The summed E-state index contributed by atoms with van der Waals surface area (Å²) in [5, 5.41) is 26.6. The van der Waals surface area contributed by atoms with Crippen LogP contribution in [0.1, 0.15) is 11.7 Å². The highest BCUT2D eigenvalue weighted by Gasteiger charge is 2.26. The lowest BCUT2D eigenvalue weighted by Crippen LogP contribution is -2.12. The Hall–Kier alpha value is -1.53. The van der Waals surface area contributed by atoms with Gasteiger partial charge in [0.2, 0.25) is 5.82 Å². The Kier molecular flexibility index (Phi) is 3.56. The van der Waals surface area contributed by atoms with Gasteiger partial charge in [-0.1, -0.05) is 11.6 Å². The van der Waals surface area contributed by atoms with Gasteiger partial charge in [-0.2, -0.15) is 4.39 Å². The highest BCUT2D eigenvalue weighted by Crippen LogP contribution is 2.38. The van der Waals surface area contributed by atoms with Gasteiger partial charge in [-0.15, -0.1) is 0 Å². The zero-order valence-corrected chi connectivity index (χ0v) is 8.82. The van der Waals surface area contributed by atoms with Gasteiger partial charge in [0.15, 0.2) is 17.6 Å². The molecule has 0 amide bonds. The fourth-order valence-electron chi connectivity index (χ4n) is 1.15. The molecule has 1 aromatic rings. The van der Waals surface area contributed by atoms with Crippen LogP contribution in [0.15, 0.2) is 6.07 Å². The summed E-state index contributed by atoms with van der Waals surface area (Å²) in [5.74, 6) is -4.22. The zero-order valence-electron chi connectivity index (χ0n) is 8.07. The number of methoxy groups -OCH3 is 1. The van der Waals surface area contributed by atoms with Crippen molar-refractivity contribution in [3.05, 3.63) is 22.5 Å². The van der Waals surface area contributed by atoms with Crippen molar-refractivity contribution in [2.24, 2.45) is 0 Å². The number of phenolic OH excluding ortho intramolecular Hbond substituents is 1. The standard InChI is InChI=1S/C9H8ClFO5/c1-16-8-3(6(12)9(14)15)2-4(10)7(13)5(8)11/h2,6,12-13H,1H3,(H,14,15). The van der Waals surface area contributed by atoms with E-state index in [4.69, 9.17) is 21.8 Å². The number of aliphatic hydroxyl groups excluding tert-OH is 1. The van der Waals surface area contributed by atoms with Gasteiger partial charge >= 0.3 is 5.97 Å². The van der Waals surface area contributed by atoms with Crippen molar-refractivity contribution in [1.82, 2.24) is 0 Å². The normalized spacial score (nSPS) is 12.2. The van der Waals surface area contributed by atoms with Gasteiger partial charge in [-0.3, -0.25) is 0 Å². The fourth-order valence-corrected chi connectivity index (χ4v) is 1.35. The van der Waals surface area contributed by atoms with Crippen LogP contribution in [0.4, 0.5) is 4.39 Å². The van der Waals surface area contributed by atoms with Crippen LogP contribution in [0.2, 0.25) is 5.02 Å². The summed E-state index contributed by atoms with van der Waals surface area (Å²) in [6, 6.07) is 0.928. The number of carboxylic acid groups (broad SMARTS) is 1. The summed E-state index contributed by atoms with van der Waals surface area (Å²) in [4.78, 5) is 10.5. The van der Waals surface area contributed by atoms with Crippen molar-refractivity contribution >= 4 is 17.6 Å². The van der Waals surface area contributed by atoms with Gasteiger partial charge in [0, 0.05) is 5.56 Å². The van der Waals surface area contributed by atoms with Gasteiger partial charge in [-0.05, 0) is 6.07 Å². The van der Waals surface area contributed by atoms with Crippen molar-refractivity contribution < 1.29 is 29.2 Å². The molecular formula is C9H8ClFO5. The predicted octanol–water partition coefficient (Wildman–Crippen LogP) is 1.31. The summed E-state index contributed by atoms with van der Waals surface area (Å²) < 4.78 is 17.9. The summed E-state index contributed by atoms with van der Waals surface area (Å²) >= 11 is 5.45. The molecule has 0 radical (unpaired) electrons. The van der Waals surface area contributed by atoms with E-state index < -0.39 is 34.4 Å². The van der Waals surface area contributed by atoms with Crippen LogP contribution in [0.25, 0.3) is 0 Å². The average Bonchev–Trinajstić information content (AvgIpc) is 2.24. The first-order valence-electron chi connectivity index (χ1n) is 4.05. The predicted molar refractivity (Wildman–Crippen MR) is 52.2 cm³/mol. The molecule has 3 N–H and O–H groups in total. The monoisotopic (exact) mass is 250 g/mol. The number of aromatic hydroxyl groups is 1. The molecule has 1 aromatic carbocycles. The van der Waals surface area contributed by atoms with E-state index in [-0.39, 0.29) is 5.56 Å². The second-order valence-corrected chi connectivity index (χ2v) is 3.29. The van der Waals surface area contributed by atoms with E-state index in [1.165, 1.54) is 0 Å². The highest BCUT2D eigenvalue weighted by atomic mass is 35.5. The number of ether oxygens (including phenoxy) is 1. The average molecular weight is 251 g/mol. The van der Waals surface area contributed by atoms with Crippen molar-refractivity contribution in [1.29, 1.82) is 0 Å². The highest BCUT2D eigenvalue weighted by molar-refractivity contribution is 6.32. The summed E-state index contributed by atoms with van der Waals surface area (Å²) in [6.45, 7) is 0. The number of carbonyl (C=O) groups is 1. The van der Waals surface area contributed by atoms with Gasteiger partial charge in [0.1, 0.15) is 0 Å². The van der Waals surface area contributed by atoms with Crippen LogP contribution >= 0.6 is 11.6 Å². The molecule has 0 spiro atoms. The Morgan fingerprint density at radius 2 is 2.19 bits per heavy atom. The summed E-state index contributed by atoms with van der Waals surface area (Å²) in [6.07, 6.45) is -1.98. The van der Waals surface area contributed by atoms with Crippen molar-refractivity contribution in [3.63, 3.8) is 0 Å². The molecule has 0 aromatic heterocycles. The lowest BCUT2D eigenvalue weighted by Gasteiger charge is -2.13. The molecular weight excluding hydrogens is 243 g/mol. The van der Waals surface area contributed by atoms with Crippen LogP contribution in [0.3, 0.4) is 0 Å². The van der Waals surface area contributed by atoms with E-state index in [1.807, 2.05) is 0 Å². The number of carboxylic acids is 1. The van der Waals surface area contributed by atoms with Gasteiger partial charge < -0.3 is 20.1 Å². The molecule has 5 nitrogen and oxygen atoms in total. The maximum Gasteiger partial charge on any atom is 0.337 e. The number of aliphatic carboxylic acids is 1. The Bertz CT molecular complexity index is 434. The SMILES string of the molecule is COc1c(C(O)C(=O)O)cc(Cl)c(O)c1F. The van der Waals surface area contributed by atoms with Crippen LogP contribution in [0, 0.1) is 5.82 Å². The van der Waals surface area contributed by atoms with Crippen LogP contribution in [-0.2, 0) is 4.79 Å². The van der Waals surface area contributed by atoms with E-state index in [0.29, 0.717) is 0 Å². The maximum atomic E-state index is 13.4. The molecule has 1 rings (SSSR count). The van der Waals surface area contributed by atoms with E-state index >= 15 is 0 Å². The first-order chi connectivity index (χ1) is 7.40. The van der Waals surface area contributed by atoms with Gasteiger partial charge in [0.05, 0.1) is 12.1 Å². The Morgan fingerprint density at radius 1 is 1.62 bits per heavy atom. The number of hydrogen-bond donors (Lipinski definition) is 3. The second kappa shape index (κ2) is 4.54. The lowest BCUT2D eigenvalue weighted by atomic mass is 10.1. The number of hydrogen-bond acceptors (Lipinski definition) is 4. The smallest absolute Gasteiger partial charge is 0.337 e. The molecule has 88 valence electrons. The fraction of sp³-hybridized carbons (Fsp3) is 0.222. The largest absolute Gasteiger partial charge is 0.504 e. The number of rotatable bonds is 3. The minimum atomic E-state index is -1.98. The maximum absolute atomic E-state index is 13.4. The third kappa shape index (κ3) is 2.02. The molecule has 0 fully saturated rings. The minimum Gasteiger partial charge on any atom is -0.504 e. The molecule has 1 unspecified atom stereocenters. The summed E-state index contributed by atoms with van der Waals surface area (Å²) in [5.41, 5.74) is -0.365. The van der Waals surface area contributed by atoms with E-state index in [9.17, 15) is 14.3 Å². The Morgan fingerprint density at radius 3 is 2.62 bits per heavy atom. The molecule has 0 saturated carbocycles. The lowest BCUT2D eigenvalue weighted by molar-refractivity contribution is -0.147. The zero-order chi connectivity index (χ0) is 12.5. The molecule has 1 atom stereocenters. The third-order valence-electron chi connectivity index (χ3n) is 1.91. The number of benzene rings is 1. The molecule has 0 bridgehead atoms. The quantitative estimate of drug-likeness (QED) is 0.753. The van der Waals surface area contributed by atoms with Gasteiger partial charge in [0.25, 0.3) is 0 Å². The molecule has 7 heteroatoms. The first-order valence-corrected chi connectivity index (χ1v) is 4.43. The molecule has 16 heavy (non-hydrogen) atoms. The van der Waals surface area contributed by atoms with E-state index in [0.717, 1.165) is 13.2 Å². The minimum absolute atomic E-state index is 0.365. The third-order valence-corrected chi connectivity index (χ3v) is 2.20. The van der Waals surface area contributed by atoms with Gasteiger partial charge in [-0.25, -0.2) is 4.79 Å². The van der Waals surface area contributed by atoms with Crippen molar-refractivity contribution in [2.45, 2.75) is 6.10 Å². The van der Waals surface area contributed by atoms with Crippen LogP contribution in [0.5, 0.6) is 11.5 Å². The number of phenols is 1. The Balaban J connectivity index is 3.44. The van der Waals surface area contributed by atoms with E-state index in [2.05, 4.69) is 4.74 Å². The van der Waals surface area contributed by atoms with Crippen LogP contribution in [-0.4, -0.2) is 28.4 Å². The first kappa shape index (κ1) is 12.5. The molecule has 0 aliphatic rings. The molecule has 0 aliphatic carbocycles. The number of halogens is 2. The molecule has 0 heterocycles. The van der Waals surface area contributed by atoms with Crippen LogP contribution < -0.4 is 4.74 Å². The van der Waals surface area contributed by atoms with Crippen molar-refractivity contribution in [2.75, 3.05) is 7.11 Å². The second-order valence-electron chi connectivity index (χ2n) is 2.88. The molecule has 0 aliphatic heterocycles. The topological polar surface area (TPSA) is 87.0 Å². The van der Waals surface area contributed by atoms with Crippen molar-refractivity contribution in [3.8, 4) is 11.5 Å². The Labute approximate surface area is 94.7 Å². The van der Waals surface area contributed by atoms with E-state index in [1.54, 1.807) is 0 Å².